The third-order valence-corrected chi connectivity index (χ3v) is 5.25. The van der Waals surface area contributed by atoms with Gasteiger partial charge in [0.25, 0.3) is 0 Å². The Hall–Kier alpha value is -3.37. The van der Waals surface area contributed by atoms with E-state index in [4.69, 9.17) is 5.26 Å². The number of nitrogens with one attached hydrogen (secondary N) is 1. The number of hydrogen-bond acceptors (Lipinski definition) is 7. The van der Waals surface area contributed by atoms with Crippen LogP contribution in [0.4, 0.5) is 5.69 Å². The molecule has 2 aromatic heterocycles. The van der Waals surface area contributed by atoms with Crippen LogP contribution in [-0.4, -0.2) is 52.8 Å². The number of nitriles is 1. The van der Waals surface area contributed by atoms with E-state index in [0.717, 1.165) is 60.1 Å². The molecular weight excluding hydrogens is 376 g/mol. The molecule has 30 heavy (non-hydrogen) atoms. The first-order valence-electron chi connectivity index (χ1n) is 10.1. The van der Waals surface area contributed by atoms with E-state index in [1.165, 1.54) is 0 Å². The fourth-order valence-electron chi connectivity index (χ4n) is 3.46. The number of carbonyl (C=O) groups is 1. The molecule has 0 unspecified atom stereocenters. The lowest BCUT2D eigenvalue weighted by Crippen LogP contribution is -2.17. The third kappa shape index (κ3) is 4.29. The number of aromatic nitrogens is 3. The molecule has 0 amide bonds. The molecule has 0 spiro atoms. The molecule has 1 aromatic carbocycles. The second kappa shape index (κ2) is 8.56. The average molecular weight is 400 g/mol. The summed E-state index contributed by atoms with van der Waals surface area (Å²) >= 11 is 0. The van der Waals surface area contributed by atoms with E-state index in [9.17, 15) is 4.79 Å². The number of nitrogens with zero attached hydrogens (tertiary/aromatic N) is 5. The molecule has 4 rings (SSSR count). The summed E-state index contributed by atoms with van der Waals surface area (Å²) in [5, 5.41) is 13.3. The van der Waals surface area contributed by atoms with E-state index >= 15 is 0 Å². The highest BCUT2D eigenvalue weighted by Crippen LogP contribution is 2.37. The molecule has 1 N–H and O–H groups in total. The fraction of sp³-hybridized carbons (Fsp3) is 0.348. The summed E-state index contributed by atoms with van der Waals surface area (Å²) in [7, 11) is 4.10. The fourth-order valence-corrected chi connectivity index (χ4v) is 3.46. The number of Topliss-reactive ketones (excluding diaryl/α,β-unsaturated/α-hetero) is 1. The second-order valence-electron chi connectivity index (χ2n) is 7.91. The van der Waals surface area contributed by atoms with Gasteiger partial charge >= 0.3 is 0 Å². The molecule has 1 fully saturated rings. The number of ketones is 1. The van der Waals surface area contributed by atoms with Crippen molar-refractivity contribution in [1.82, 2.24) is 19.9 Å². The lowest BCUT2D eigenvalue weighted by molar-refractivity contribution is 0.0968. The van der Waals surface area contributed by atoms with Crippen molar-refractivity contribution in [3.05, 3.63) is 48.2 Å². The van der Waals surface area contributed by atoms with Gasteiger partial charge in [-0.2, -0.15) is 5.26 Å². The topological polar surface area (TPSA) is 94.8 Å². The third-order valence-electron chi connectivity index (χ3n) is 5.25. The van der Waals surface area contributed by atoms with Gasteiger partial charge < -0.3 is 10.2 Å². The standard InChI is InChI=1S/C23H24N6O/c1-29(2)9-3-8-25-22-18-10-16(17-12-27-21(11-24)28-13-17)6-7-20(18)26-14-19(22)23(30)15-4-5-15/h6-7,10,12-15H,3-5,8-9H2,1-2H3,(H,25,26). The summed E-state index contributed by atoms with van der Waals surface area (Å²) in [4.78, 5) is 27.7. The van der Waals surface area contributed by atoms with Gasteiger partial charge in [0.15, 0.2) is 5.78 Å². The second-order valence-corrected chi connectivity index (χ2v) is 7.91. The molecular formula is C23H24N6O. The zero-order valence-electron chi connectivity index (χ0n) is 17.2. The van der Waals surface area contributed by atoms with Crippen molar-refractivity contribution >= 4 is 22.4 Å². The summed E-state index contributed by atoms with van der Waals surface area (Å²) in [6.45, 7) is 1.74. The Morgan fingerprint density at radius 2 is 1.93 bits per heavy atom. The highest BCUT2D eigenvalue weighted by Gasteiger charge is 2.32. The zero-order chi connectivity index (χ0) is 21.1. The SMILES string of the molecule is CN(C)CCCNc1c(C(=O)C2CC2)cnc2ccc(-c3cnc(C#N)nc3)cc12. The smallest absolute Gasteiger partial charge is 0.232 e. The van der Waals surface area contributed by atoms with Crippen molar-refractivity contribution < 1.29 is 4.79 Å². The quantitative estimate of drug-likeness (QED) is 0.456. The maximum Gasteiger partial charge on any atom is 0.232 e. The number of rotatable bonds is 8. The van der Waals surface area contributed by atoms with E-state index in [1.807, 2.05) is 24.3 Å². The molecule has 7 heteroatoms. The van der Waals surface area contributed by atoms with E-state index in [2.05, 4.69) is 39.3 Å². The van der Waals surface area contributed by atoms with Gasteiger partial charge in [0.2, 0.25) is 5.82 Å². The Bertz CT molecular complexity index is 1110. The first kappa shape index (κ1) is 19.9. The summed E-state index contributed by atoms with van der Waals surface area (Å²) in [6.07, 6.45) is 7.88. The number of benzene rings is 1. The van der Waals surface area contributed by atoms with E-state index in [1.54, 1.807) is 18.6 Å². The van der Waals surface area contributed by atoms with Gasteiger partial charge in [-0.25, -0.2) is 9.97 Å². The molecule has 0 atom stereocenters. The monoisotopic (exact) mass is 400 g/mol. The molecule has 2 heterocycles. The zero-order valence-corrected chi connectivity index (χ0v) is 17.2. The lowest BCUT2D eigenvalue weighted by atomic mass is 10.00. The Kier molecular flexibility index (Phi) is 5.68. The lowest BCUT2D eigenvalue weighted by Gasteiger charge is -2.16. The van der Waals surface area contributed by atoms with E-state index < -0.39 is 0 Å². The van der Waals surface area contributed by atoms with Crippen LogP contribution >= 0.6 is 0 Å². The van der Waals surface area contributed by atoms with Crippen LogP contribution in [0.5, 0.6) is 0 Å². The average Bonchev–Trinajstić information content (AvgIpc) is 3.61. The van der Waals surface area contributed by atoms with Crippen LogP contribution in [-0.2, 0) is 0 Å². The molecule has 7 nitrogen and oxygen atoms in total. The number of pyridine rings is 1. The van der Waals surface area contributed by atoms with Crippen molar-refractivity contribution in [2.24, 2.45) is 5.92 Å². The minimum Gasteiger partial charge on any atom is -0.384 e. The molecule has 0 saturated heterocycles. The van der Waals surface area contributed by atoms with Gasteiger partial charge in [-0.1, -0.05) is 6.07 Å². The Labute approximate surface area is 175 Å². The molecule has 0 radical (unpaired) electrons. The van der Waals surface area contributed by atoms with Gasteiger partial charge in [0.1, 0.15) is 6.07 Å². The van der Waals surface area contributed by atoms with E-state index in [-0.39, 0.29) is 17.5 Å². The summed E-state index contributed by atoms with van der Waals surface area (Å²) in [5.74, 6) is 0.440. The van der Waals surface area contributed by atoms with Gasteiger partial charge in [-0.3, -0.25) is 9.78 Å². The van der Waals surface area contributed by atoms with Crippen LogP contribution in [0.1, 0.15) is 35.4 Å². The van der Waals surface area contributed by atoms with Crippen LogP contribution < -0.4 is 5.32 Å². The number of carbonyl (C=O) groups excluding carboxylic acids is 1. The van der Waals surface area contributed by atoms with Gasteiger partial charge in [-0.15, -0.1) is 0 Å². The first-order chi connectivity index (χ1) is 14.6. The van der Waals surface area contributed by atoms with Crippen LogP contribution in [0, 0.1) is 17.2 Å². The highest BCUT2D eigenvalue weighted by molar-refractivity contribution is 6.10. The van der Waals surface area contributed by atoms with Gasteiger partial charge in [0, 0.05) is 42.0 Å². The molecule has 3 aromatic rings. The largest absolute Gasteiger partial charge is 0.384 e. The Morgan fingerprint density at radius 3 is 2.60 bits per heavy atom. The molecule has 1 aliphatic rings. The number of anilines is 1. The highest BCUT2D eigenvalue weighted by atomic mass is 16.1. The molecule has 152 valence electrons. The Morgan fingerprint density at radius 1 is 1.17 bits per heavy atom. The predicted octanol–water partition coefficient (Wildman–Crippen LogP) is 3.52. The maximum absolute atomic E-state index is 12.9. The predicted molar refractivity (Wildman–Crippen MR) is 116 cm³/mol. The first-order valence-corrected chi connectivity index (χ1v) is 10.1. The minimum atomic E-state index is 0.127. The van der Waals surface area contributed by atoms with Crippen molar-refractivity contribution in [1.29, 1.82) is 5.26 Å². The maximum atomic E-state index is 12.9. The Balaban J connectivity index is 1.74. The van der Waals surface area contributed by atoms with Crippen molar-refractivity contribution in [2.75, 3.05) is 32.5 Å². The number of hydrogen-bond donors (Lipinski definition) is 1. The summed E-state index contributed by atoms with van der Waals surface area (Å²) in [5.41, 5.74) is 4.08. The summed E-state index contributed by atoms with van der Waals surface area (Å²) in [6, 6.07) is 7.85. The number of fused-ring (bicyclic) bond motifs is 1. The molecule has 0 bridgehead atoms. The van der Waals surface area contributed by atoms with Crippen molar-refractivity contribution in [3.8, 4) is 17.2 Å². The van der Waals surface area contributed by atoms with Crippen LogP contribution in [0.15, 0.2) is 36.8 Å². The van der Waals surface area contributed by atoms with Crippen molar-refractivity contribution in [2.45, 2.75) is 19.3 Å². The van der Waals surface area contributed by atoms with Gasteiger partial charge in [-0.05, 0) is 57.6 Å². The van der Waals surface area contributed by atoms with E-state index in [0.29, 0.717) is 5.56 Å². The normalized spacial score (nSPS) is 13.4. The molecule has 0 aliphatic heterocycles. The molecule has 1 aliphatic carbocycles. The minimum absolute atomic E-state index is 0.127. The van der Waals surface area contributed by atoms with Crippen LogP contribution in [0.2, 0.25) is 0 Å². The van der Waals surface area contributed by atoms with Gasteiger partial charge in [0.05, 0.1) is 16.8 Å². The van der Waals surface area contributed by atoms with Crippen molar-refractivity contribution in [3.63, 3.8) is 0 Å². The van der Waals surface area contributed by atoms with Crippen LogP contribution in [0.25, 0.3) is 22.0 Å². The summed E-state index contributed by atoms with van der Waals surface area (Å²) < 4.78 is 0. The van der Waals surface area contributed by atoms with Crippen LogP contribution in [0.3, 0.4) is 0 Å². The molecule has 1 saturated carbocycles.